The van der Waals surface area contributed by atoms with Gasteiger partial charge in [0.25, 0.3) is 5.91 Å². The van der Waals surface area contributed by atoms with E-state index in [1.54, 1.807) is 35.3 Å². The number of nitrogens with one attached hydrogen (secondary N) is 1. The fourth-order valence-electron chi connectivity index (χ4n) is 4.01. The molecule has 5 rings (SSSR count). The summed E-state index contributed by atoms with van der Waals surface area (Å²) in [5, 5.41) is 7.10. The van der Waals surface area contributed by atoms with E-state index in [-0.39, 0.29) is 17.3 Å². The first-order chi connectivity index (χ1) is 17.7. The van der Waals surface area contributed by atoms with Gasteiger partial charge in [-0.2, -0.15) is 18.3 Å². The second-order valence-electron chi connectivity index (χ2n) is 9.16. The molecule has 2 aromatic heterocycles. The first-order valence-electron chi connectivity index (χ1n) is 11.8. The van der Waals surface area contributed by atoms with E-state index >= 15 is 0 Å². The number of aryl methyl sites for hydroxylation is 1. The molecule has 4 aromatic rings. The van der Waals surface area contributed by atoms with Crippen molar-refractivity contribution in [3.8, 4) is 16.8 Å². The summed E-state index contributed by atoms with van der Waals surface area (Å²) in [5.74, 6) is -0.203. The Morgan fingerprint density at radius 1 is 1.03 bits per heavy atom. The highest BCUT2D eigenvalue weighted by Gasteiger charge is 2.31. The van der Waals surface area contributed by atoms with Gasteiger partial charge in [-0.05, 0) is 61.7 Å². The molecule has 1 aliphatic rings. The molecule has 0 saturated heterocycles. The number of pyridine rings is 1. The third kappa shape index (κ3) is 5.61. The highest BCUT2D eigenvalue weighted by atomic mass is 19.4. The van der Waals surface area contributed by atoms with Crippen LogP contribution >= 0.6 is 0 Å². The van der Waals surface area contributed by atoms with Crippen molar-refractivity contribution < 1.29 is 22.8 Å². The Labute approximate surface area is 211 Å². The first kappa shape index (κ1) is 24.4. The first-order valence-corrected chi connectivity index (χ1v) is 11.8. The molecule has 0 radical (unpaired) electrons. The zero-order valence-electron chi connectivity index (χ0n) is 19.9. The number of benzene rings is 2. The zero-order valence-corrected chi connectivity index (χ0v) is 19.9. The summed E-state index contributed by atoms with van der Waals surface area (Å²) in [6.45, 7) is 1.89. The Bertz CT molecular complexity index is 1470. The molecule has 0 spiro atoms. The predicted molar refractivity (Wildman–Crippen MR) is 132 cm³/mol. The fraction of sp³-hybridized carbons (Fsp3) is 0.214. The molecule has 188 valence electrons. The topological polar surface area (TPSA) is 76.9 Å². The Kier molecular flexibility index (Phi) is 6.37. The quantitative estimate of drug-likeness (QED) is 0.333. The zero-order chi connectivity index (χ0) is 26.2. The van der Waals surface area contributed by atoms with Crippen LogP contribution < -0.4 is 5.32 Å². The van der Waals surface area contributed by atoms with E-state index in [0.29, 0.717) is 17.8 Å². The predicted octanol–water partition coefficient (Wildman–Crippen LogP) is 6.04. The lowest BCUT2D eigenvalue weighted by Gasteiger charge is -2.12. The van der Waals surface area contributed by atoms with Crippen LogP contribution in [0.15, 0.2) is 73.2 Å². The van der Waals surface area contributed by atoms with Gasteiger partial charge in [0.05, 0.1) is 17.4 Å². The molecule has 2 heterocycles. The number of anilines is 1. The van der Waals surface area contributed by atoms with Gasteiger partial charge in [0.1, 0.15) is 5.78 Å². The van der Waals surface area contributed by atoms with Crippen LogP contribution in [0.3, 0.4) is 0 Å². The van der Waals surface area contributed by atoms with Crippen molar-refractivity contribution in [2.24, 2.45) is 5.92 Å². The minimum Gasteiger partial charge on any atom is -0.322 e. The van der Waals surface area contributed by atoms with Crippen LogP contribution in [0.1, 0.15) is 40.0 Å². The number of hydrogen-bond donors (Lipinski definition) is 1. The van der Waals surface area contributed by atoms with Gasteiger partial charge >= 0.3 is 6.18 Å². The lowest BCUT2D eigenvalue weighted by atomic mass is 10.1. The third-order valence-electron chi connectivity index (χ3n) is 6.29. The number of nitrogens with zero attached hydrogens (tertiary/aromatic N) is 3. The van der Waals surface area contributed by atoms with Crippen molar-refractivity contribution in [2.45, 2.75) is 32.4 Å². The van der Waals surface area contributed by atoms with Crippen molar-refractivity contribution in [3.05, 3.63) is 95.6 Å². The summed E-state index contributed by atoms with van der Waals surface area (Å²) in [5.41, 5.74) is 3.45. The van der Waals surface area contributed by atoms with Crippen molar-refractivity contribution in [1.82, 2.24) is 14.8 Å². The molecule has 0 atom stereocenters. The maximum atomic E-state index is 13.0. The number of aromatic nitrogens is 3. The van der Waals surface area contributed by atoms with E-state index < -0.39 is 17.6 Å². The summed E-state index contributed by atoms with van der Waals surface area (Å²) in [4.78, 5) is 29.1. The number of amides is 1. The van der Waals surface area contributed by atoms with E-state index in [1.807, 2.05) is 25.3 Å². The highest BCUT2D eigenvalue weighted by molar-refractivity contribution is 6.04. The van der Waals surface area contributed by atoms with Crippen LogP contribution in [-0.2, 0) is 17.4 Å². The number of ketones is 1. The Morgan fingerprint density at radius 3 is 2.54 bits per heavy atom. The normalized spacial score (nSPS) is 13.4. The van der Waals surface area contributed by atoms with Crippen LogP contribution in [-0.4, -0.2) is 26.5 Å². The fourth-order valence-corrected chi connectivity index (χ4v) is 4.01. The van der Waals surface area contributed by atoms with Crippen molar-refractivity contribution in [3.63, 3.8) is 0 Å². The van der Waals surface area contributed by atoms with Crippen LogP contribution in [0.5, 0.6) is 0 Å². The summed E-state index contributed by atoms with van der Waals surface area (Å²) >= 11 is 0. The minimum atomic E-state index is -4.53. The minimum absolute atomic E-state index is 0.0897. The SMILES string of the molecule is Cc1ccc(NC(=O)c2cccc(C(F)(F)F)c2)cc1-n1cc(-c2ccc(CC(=O)C3CC3)nc2)cn1. The lowest BCUT2D eigenvalue weighted by Crippen LogP contribution is -2.14. The number of carbonyl (C=O) groups is 2. The number of hydrogen-bond acceptors (Lipinski definition) is 4. The number of alkyl halides is 3. The van der Waals surface area contributed by atoms with Gasteiger partial charge in [-0.1, -0.05) is 18.2 Å². The van der Waals surface area contributed by atoms with Crippen LogP contribution in [0, 0.1) is 12.8 Å². The summed E-state index contributed by atoms with van der Waals surface area (Å²) in [6, 6.07) is 13.2. The van der Waals surface area contributed by atoms with Crippen molar-refractivity contribution >= 4 is 17.4 Å². The Balaban J connectivity index is 1.32. The molecule has 0 aliphatic heterocycles. The molecule has 1 fully saturated rings. The standard InChI is InChI=1S/C28H23F3N4O2/c1-17-5-9-24(34-27(37)19-3-2-4-22(11-19)28(29,30)31)12-25(17)35-16-21(15-33-35)20-8-10-23(32-14-20)13-26(36)18-6-7-18/h2-5,8-12,14-16,18H,6-7,13H2,1H3,(H,34,37). The molecule has 1 N–H and O–H groups in total. The average molecular weight is 505 g/mol. The monoisotopic (exact) mass is 504 g/mol. The number of rotatable bonds is 7. The van der Waals surface area contributed by atoms with E-state index in [4.69, 9.17) is 0 Å². The summed E-state index contributed by atoms with van der Waals surface area (Å²) in [7, 11) is 0. The molecule has 6 nitrogen and oxygen atoms in total. The van der Waals surface area contributed by atoms with E-state index in [2.05, 4.69) is 15.4 Å². The van der Waals surface area contributed by atoms with Crippen LogP contribution in [0.25, 0.3) is 16.8 Å². The maximum Gasteiger partial charge on any atom is 0.416 e. The van der Waals surface area contributed by atoms with Gasteiger partial charge < -0.3 is 5.32 Å². The molecular weight excluding hydrogens is 481 g/mol. The second kappa shape index (κ2) is 9.65. The van der Waals surface area contributed by atoms with Crippen LogP contribution in [0.4, 0.5) is 18.9 Å². The average Bonchev–Trinajstić information content (AvgIpc) is 3.62. The number of halogens is 3. The molecule has 2 aromatic carbocycles. The maximum absolute atomic E-state index is 13.0. The van der Waals surface area contributed by atoms with Gasteiger partial charge in [-0.25, -0.2) is 4.68 Å². The second-order valence-corrected chi connectivity index (χ2v) is 9.16. The summed E-state index contributed by atoms with van der Waals surface area (Å²) < 4.78 is 40.7. The van der Waals surface area contributed by atoms with E-state index in [0.717, 1.165) is 47.4 Å². The molecule has 0 bridgehead atoms. The molecule has 1 amide bonds. The number of Topliss-reactive ketones (excluding diaryl/α,β-unsaturated/α-hetero) is 1. The van der Waals surface area contributed by atoms with Gasteiger partial charge in [-0.15, -0.1) is 0 Å². The molecule has 37 heavy (non-hydrogen) atoms. The van der Waals surface area contributed by atoms with E-state index in [9.17, 15) is 22.8 Å². The Hall–Kier alpha value is -4.27. The van der Waals surface area contributed by atoms with Crippen molar-refractivity contribution in [1.29, 1.82) is 0 Å². The molecule has 1 saturated carbocycles. The largest absolute Gasteiger partial charge is 0.416 e. The number of carbonyl (C=O) groups excluding carboxylic acids is 2. The van der Waals surface area contributed by atoms with E-state index in [1.165, 1.54) is 12.1 Å². The lowest BCUT2D eigenvalue weighted by molar-refractivity contribution is -0.137. The van der Waals surface area contributed by atoms with Gasteiger partial charge in [0.2, 0.25) is 0 Å². The molecular formula is C28H23F3N4O2. The van der Waals surface area contributed by atoms with Gasteiger partial charge in [-0.3, -0.25) is 14.6 Å². The molecule has 0 unspecified atom stereocenters. The van der Waals surface area contributed by atoms with Crippen LogP contribution in [0.2, 0.25) is 0 Å². The Morgan fingerprint density at radius 2 is 1.84 bits per heavy atom. The molecule has 1 aliphatic carbocycles. The van der Waals surface area contributed by atoms with Crippen molar-refractivity contribution in [2.75, 3.05) is 5.32 Å². The smallest absolute Gasteiger partial charge is 0.322 e. The van der Waals surface area contributed by atoms with Gasteiger partial charge in [0.15, 0.2) is 0 Å². The molecule has 9 heteroatoms. The third-order valence-corrected chi connectivity index (χ3v) is 6.29. The van der Waals surface area contributed by atoms with Gasteiger partial charge in [0, 0.05) is 52.8 Å². The highest BCUT2D eigenvalue weighted by Crippen LogP contribution is 2.31. The summed E-state index contributed by atoms with van der Waals surface area (Å²) in [6.07, 6.45) is 3.01.